The van der Waals surface area contributed by atoms with E-state index < -0.39 is 0 Å². The fourth-order valence-corrected chi connectivity index (χ4v) is 2.14. The minimum Gasteiger partial charge on any atom is -0.339 e. The van der Waals surface area contributed by atoms with E-state index in [-0.39, 0.29) is 5.91 Å². The third-order valence-electron chi connectivity index (χ3n) is 3.09. The molecule has 0 bridgehead atoms. The van der Waals surface area contributed by atoms with E-state index in [2.05, 4.69) is 17.6 Å². The highest BCUT2D eigenvalue weighted by molar-refractivity contribution is 5.87. The van der Waals surface area contributed by atoms with Crippen LogP contribution in [0.25, 0.3) is 0 Å². The number of piperidine rings is 1. The maximum absolute atomic E-state index is 11.4. The monoisotopic (exact) mass is 216 g/mol. The molecule has 0 aliphatic carbocycles. The maximum atomic E-state index is 11.4. The summed E-state index contributed by atoms with van der Waals surface area (Å²) in [5.41, 5.74) is 1.15. The van der Waals surface area contributed by atoms with E-state index in [0.717, 1.165) is 31.6 Å². The predicted octanol–water partition coefficient (Wildman–Crippen LogP) is 1.97. The van der Waals surface area contributed by atoms with E-state index in [1.54, 1.807) is 0 Å². The van der Waals surface area contributed by atoms with E-state index in [4.69, 9.17) is 0 Å². The maximum Gasteiger partial charge on any atom is 0.245 e. The first-order chi connectivity index (χ1) is 7.81. The summed E-state index contributed by atoms with van der Waals surface area (Å²) >= 11 is 0. The first-order valence-electron chi connectivity index (χ1n) is 5.63. The van der Waals surface area contributed by atoms with Crippen LogP contribution in [0.3, 0.4) is 0 Å². The number of amides is 1. The van der Waals surface area contributed by atoms with Crippen molar-refractivity contribution < 1.29 is 4.79 Å². The molecule has 2 rings (SSSR count). The normalized spacial score (nSPS) is 17.1. The molecule has 0 atom stereocenters. The van der Waals surface area contributed by atoms with Crippen LogP contribution >= 0.6 is 0 Å². The Bertz CT molecular complexity index is 367. The van der Waals surface area contributed by atoms with Crippen molar-refractivity contribution in [3.63, 3.8) is 0 Å². The zero-order valence-electron chi connectivity index (χ0n) is 9.30. The van der Waals surface area contributed by atoms with Crippen molar-refractivity contribution in [1.29, 1.82) is 0 Å². The Morgan fingerprint density at radius 1 is 1.44 bits per heavy atom. The zero-order valence-corrected chi connectivity index (χ0v) is 9.30. The van der Waals surface area contributed by atoms with Crippen LogP contribution in [0.2, 0.25) is 0 Å². The lowest BCUT2D eigenvalue weighted by atomic mass is 9.93. The second kappa shape index (κ2) is 4.92. The molecule has 0 saturated carbocycles. The van der Waals surface area contributed by atoms with Crippen molar-refractivity contribution in [3.05, 3.63) is 42.7 Å². The van der Waals surface area contributed by atoms with E-state index in [9.17, 15) is 4.79 Å². The van der Waals surface area contributed by atoms with E-state index in [0.29, 0.717) is 5.92 Å². The summed E-state index contributed by atoms with van der Waals surface area (Å²) in [6.45, 7) is 5.13. The molecule has 0 radical (unpaired) electrons. The van der Waals surface area contributed by atoms with E-state index in [1.165, 1.54) is 6.08 Å². The number of hydrogen-bond acceptors (Lipinski definition) is 2. The molecule has 1 aliphatic rings. The Kier molecular flexibility index (Phi) is 3.34. The molecule has 1 aromatic heterocycles. The van der Waals surface area contributed by atoms with Gasteiger partial charge in [-0.15, -0.1) is 0 Å². The standard InChI is InChI=1S/C13H16N2O/c1-2-13(16)15-9-6-11(7-10-15)12-5-3-4-8-14-12/h2-5,8,11H,1,6-7,9-10H2. The van der Waals surface area contributed by atoms with Gasteiger partial charge in [0.1, 0.15) is 0 Å². The van der Waals surface area contributed by atoms with Crippen LogP contribution in [0.5, 0.6) is 0 Å². The molecule has 84 valence electrons. The van der Waals surface area contributed by atoms with Crippen LogP contribution in [0.1, 0.15) is 24.5 Å². The minimum atomic E-state index is 0.0412. The SMILES string of the molecule is C=CC(=O)N1CCC(c2ccccn2)CC1. The Morgan fingerprint density at radius 2 is 2.19 bits per heavy atom. The number of nitrogens with zero attached hydrogens (tertiary/aromatic N) is 2. The summed E-state index contributed by atoms with van der Waals surface area (Å²) in [5, 5.41) is 0. The van der Waals surface area contributed by atoms with Gasteiger partial charge in [-0.1, -0.05) is 12.6 Å². The highest BCUT2D eigenvalue weighted by Crippen LogP contribution is 2.26. The molecule has 16 heavy (non-hydrogen) atoms. The van der Waals surface area contributed by atoms with Crippen molar-refractivity contribution >= 4 is 5.91 Å². The smallest absolute Gasteiger partial charge is 0.245 e. The third-order valence-corrected chi connectivity index (χ3v) is 3.09. The topological polar surface area (TPSA) is 33.2 Å². The number of aromatic nitrogens is 1. The third kappa shape index (κ3) is 2.30. The summed E-state index contributed by atoms with van der Waals surface area (Å²) in [6.07, 6.45) is 5.21. The van der Waals surface area contributed by atoms with Gasteiger partial charge in [-0.05, 0) is 31.1 Å². The molecule has 1 saturated heterocycles. The van der Waals surface area contributed by atoms with Gasteiger partial charge in [0, 0.05) is 30.9 Å². The fourth-order valence-electron chi connectivity index (χ4n) is 2.14. The lowest BCUT2D eigenvalue weighted by molar-refractivity contribution is -0.127. The second-order valence-electron chi connectivity index (χ2n) is 4.06. The number of carbonyl (C=O) groups excluding carboxylic acids is 1. The van der Waals surface area contributed by atoms with Gasteiger partial charge in [0.2, 0.25) is 5.91 Å². The van der Waals surface area contributed by atoms with Gasteiger partial charge in [-0.25, -0.2) is 0 Å². The zero-order chi connectivity index (χ0) is 11.4. The summed E-state index contributed by atoms with van der Waals surface area (Å²) < 4.78 is 0. The molecule has 3 heteroatoms. The number of hydrogen-bond donors (Lipinski definition) is 0. The summed E-state index contributed by atoms with van der Waals surface area (Å²) in [4.78, 5) is 17.6. The van der Waals surface area contributed by atoms with Crippen LogP contribution in [-0.2, 0) is 4.79 Å². The first-order valence-corrected chi connectivity index (χ1v) is 5.63. The largest absolute Gasteiger partial charge is 0.339 e. The van der Waals surface area contributed by atoms with Crippen LogP contribution in [0.4, 0.5) is 0 Å². The summed E-state index contributed by atoms with van der Waals surface area (Å²) in [7, 11) is 0. The number of carbonyl (C=O) groups is 1. The van der Waals surface area contributed by atoms with Crippen LogP contribution in [0, 0.1) is 0 Å². The molecule has 2 heterocycles. The quantitative estimate of drug-likeness (QED) is 0.708. The average Bonchev–Trinajstić information content (AvgIpc) is 2.39. The van der Waals surface area contributed by atoms with Crippen molar-refractivity contribution in [3.8, 4) is 0 Å². The molecule has 3 nitrogen and oxygen atoms in total. The Morgan fingerprint density at radius 3 is 2.75 bits per heavy atom. The highest BCUT2D eigenvalue weighted by atomic mass is 16.2. The number of rotatable bonds is 2. The lowest BCUT2D eigenvalue weighted by Gasteiger charge is -2.30. The average molecular weight is 216 g/mol. The van der Waals surface area contributed by atoms with Crippen molar-refractivity contribution in [2.24, 2.45) is 0 Å². The Labute approximate surface area is 95.8 Å². The van der Waals surface area contributed by atoms with Crippen LogP contribution in [-0.4, -0.2) is 28.9 Å². The molecule has 0 spiro atoms. The molecule has 0 unspecified atom stereocenters. The van der Waals surface area contributed by atoms with Gasteiger partial charge in [0.25, 0.3) is 0 Å². The lowest BCUT2D eigenvalue weighted by Crippen LogP contribution is -2.36. The van der Waals surface area contributed by atoms with Gasteiger partial charge >= 0.3 is 0 Å². The van der Waals surface area contributed by atoms with Gasteiger partial charge in [-0.2, -0.15) is 0 Å². The van der Waals surface area contributed by atoms with Gasteiger partial charge in [0.15, 0.2) is 0 Å². The second-order valence-corrected chi connectivity index (χ2v) is 4.06. The molecule has 1 aromatic rings. The molecule has 1 fully saturated rings. The molecule has 0 aromatic carbocycles. The van der Waals surface area contributed by atoms with Crippen molar-refractivity contribution in [1.82, 2.24) is 9.88 Å². The minimum absolute atomic E-state index is 0.0412. The van der Waals surface area contributed by atoms with E-state index in [1.807, 2.05) is 23.2 Å². The van der Waals surface area contributed by atoms with Gasteiger partial charge in [-0.3, -0.25) is 9.78 Å². The summed E-state index contributed by atoms with van der Waals surface area (Å²) in [5.74, 6) is 0.537. The fraction of sp³-hybridized carbons (Fsp3) is 0.385. The van der Waals surface area contributed by atoms with Crippen LogP contribution < -0.4 is 0 Å². The number of likely N-dealkylation sites (tertiary alicyclic amines) is 1. The highest BCUT2D eigenvalue weighted by Gasteiger charge is 2.22. The molecule has 0 N–H and O–H groups in total. The molecular weight excluding hydrogens is 200 g/mol. The first kappa shape index (κ1) is 10.9. The van der Waals surface area contributed by atoms with Gasteiger partial charge < -0.3 is 4.90 Å². The molecular formula is C13H16N2O. The van der Waals surface area contributed by atoms with Crippen molar-refractivity contribution in [2.75, 3.05) is 13.1 Å². The van der Waals surface area contributed by atoms with Crippen LogP contribution in [0.15, 0.2) is 37.1 Å². The van der Waals surface area contributed by atoms with Gasteiger partial charge in [0.05, 0.1) is 0 Å². The van der Waals surface area contributed by atoms with E-state index >= 15 is 0 Å². The molecule has 1 aliphatic heterocycles. The summed E-state index contributed by atoms with van der Waals surface area (Å²) in [6, 6.07) is 6.01. The molecule has 1 amide bonds. The Balaban J connectivity index is 1.95. The number of pyridine rings is 1. The predicted molar refractivity (Wildman–Crippen MR) is 63.0 cm³/mol. The Hall–Kier alpha value is -1.64. The van der Waals surface area contributed by atoms with Crippen molar-refractivity contribution in [2.45, 2.75) is 18.8 Å².